The van der Waals surface area contributed by atoms with E-state index in [0.29, 0.717) is 0 Å². The van der Waals surface area contributed by atoms with Crippen LogP contribution < -0.4 is 5.73 Å². The molecule has 1 rings (SSSR count). The van der Waals surface area contributed by atoms with Crippen LogP contribution in [-0.4, -0.2) is 23.8 Å². The third-order valence-corrected chi connectivity index (χ3v) is 3.21. The monoisotopic (exact) mass is 270 g/mol. The number of nitrogen functional groups attached to an aromatic ring is 1. The van der Waals surface area contributed by atoms with Crippen molar-refractivity contribution in [3.05, 3.63) is 33.9 Å². The SMILES string of the molecule is CCOC(=O)[C@H](SC)c1c(N)cccc1[N+](=O)[O-]. The van der Waals surface area contributed by atoms with Gasteiger partial charge in [0.15, 0.2) is 0 Å². The van der Waals surface area contributed by atoms with E-state index in [4.69, 9.17) is 10.5 Å². The fourth-order valence-corrected chi connectivity index (χ4v) is 2.32. The lowest BCUT2D eigenvalue weighted by atomic mass is 10.1. The number of hydrogen-bond donors (Lipinski definition) is 1. The van der Waals surface area contributed by atoms with Crippen LogP contribution in [0.25, 0.3) is 0 Å². The first-order chi connectivity index (χ1) is 8.52. The minimum atomic E-state index is -0.786. The maximum atomic E-state index is 11.8. The average Bonchev–Trinajstić information content (AvgIpc) is 2.32. The van der Waals surface area contributed by atoms with Crippen LogP contribution in [0.15, 0.2) is 18.2 Å². The highest BCUT2D eigenvalue weighted by Crippen LogP contribution is 2.38. The largest absolute Gasteiger partial charge is 0.465 e. The predicted octanol–water partition coefficient (Wildman–Crippen LogP) is 2.14. The second-order valence-corrected chi connectivity index (χ2v) is 4.35. The number of carbonyl (C=O) groups excluding carboxylic acids is 1. The Balaban J connectivity index is 3.28. The minimum Gasteiger partial charge on any atom is -0.465 e. The van der Waals surface area contributed by atoms with Crippen LogP contribution in [0.3, 0.4) is 0 Å². The number of ether oxygens (including phenoxy) is 1. The molecule has 1 aromatic carbocycles. The summed E-state index contributed by atoms with van der Waals surface area (Å²) in [6.45, 7) is 1.90. The van der Waals surface area contributed by atoms with Gasteiger partial charge in [0.05, 0.1) is 17.1 Å². The van der Waals surface area contributed by atoms with E-state index in [2.05, 4.69) is 0 Å². The normalized spacial score (nSPS) is 11.9. The fourth-order valence-electron chi connectivity index (χ4n) is 1.57. The number of nitro groups is 1. The average molecular weight is 270 g/mol. The standard InChI is InChI=1S/C11H14N2O4S/c1-3-17-11(14)10(18-2)9-7(12)5-4-6-8(9)13(15)16/h4-6,10H,3,12H2,1-2H3/t10-/m1/s1. The Bertz CT molecular complexity index is 464. The summed E-state index contributed by atoms with van der Waals surface area (Å²) < 4.78 is 4.90. The van der Waals surface area contributed by atoms with E-state index < -0.39 is 16.1 Å². The second kappa shape index (κ2) is 6.25. The summed E-state index contributed by atoms with van der Waals surface area (Å²) in [6.07, 6.45) is 1.68. The number of rotatable bonds is 5. The summed E-state index contributed by atoms with van der Waals surface area (Å²) in [5.74, 6) is -0.522. The van der Waals surface area contributed by atoms with Crippen molar-refractivity contribution in [2.75, 3.05) is 18.6 Å². The van der Waals surface area contributed by atoms with E-state index >= 15 is 0 Å². The van der Waals surface area contributed by atoms with Crippen molar-refractivity contribution in [3.8, 4) is 0 Å². The summed E-state index contributed by atoms with van der Waals surface area (Å²) in [4.78, 5) is 22.2. The number of benzene rings is 1. The van der Waals surface area contributed by atoms with Gasteiger partial charge in [-0.1, -0.05) is 6.07 Å². The molecule has 0 amide bonds. The van der Waals surface area contributed by atoms with Crippen LogP contribution in [0.1, 0.15) is 17.7 Å². The van der Waals surface area contributed by atoms with Gasteiger partial charge in [-0.2, -0.15) is 0 Å². The number of nitrogens with two attached hydrogens (primary N) is 1. The van der Waals surface area contributed by atoms with Gasteiger partial charge in [-0.25, -0.2) is 0 Å². The van der Waals surface area contributed by atoms with Crippen molar-refractivity contribution in [2.24, 2.45) is 0 Å². The zero-order valence-electron chi connectivity index (χ0n) is 10.1. The summed E-state index contributed by atoms with van der Waals surface area (Å²) in [6, 6.07) is 4.35. The molecule has 6 nitrogen and oxygen atoms in total. The molecule has 18 heavy (non-hydrogen) atoms. The molecule has 1 aromatic rings. The molecule has 0 saturated carbocycles. The van der Waals surface area contributed by atoms with Crippen molar-refractivity contribution < 1.29 is 14.5 Å². The first-order valence-electron chi connectivity index (χ1n) is 5.25. The molecule has 0 radical (unpaired) electrons. The topological polar surface area (TPSA) is 95.5 Å². The molecule has 0 saturated heterocycles. The molecular weight excluding hydrogens is 256 g/mol. The van der Waals surface area contributed by atoms with E-state index in [-0.39, 0.29) is 23.5 Å². The molecule has 0 bridgehead atoms. The van der Waals surface area contributed by atoms with Crippen molar-refractivity contribution >= 4 is 29.1 Å². The maximum absolute atomic E-state index is 11.8. The molecule has 0 aliphatic carbocycles. The van der Waals surface area contributed by atoms with Crippen molar-refractivity contribution in [1.29, 1.82) is 0 Å². The zero-order chi connectivity index (χ0) is 13.7. The lowest BCUT2D eigenvalue weighted by molar-refractivity contribution is -0.385. The molecule has 0 aliphatic heterocycles. The number of anilines is 1. The Labute approximate surface area is 109 Å². The molecular formula is C11H14N2O4S. The zero-order valence-corrected chi connectivity index (χ0v) is 10.9. The van der Waals surface area contributed by atoms with Crippen molar-refractivity contribution in [1.82, 2.24) is 0 Å². The van der Waals surface area contributed by atoms with Gasteiger partial charge < -0.3 is 10.5 Å². The number of esters is 1. The van der Waals surface area contributed by atoms with Gasteiger partial charge in [-0.3, -0.25) is 14.9 Å². The first kappa shape index (κ1) is 14.3. The summed E-state index contributed by atoms with van der Waals surface area (Å²) >= 11 is 1.16. The molecule has 0 unspecified atom stereocenters. The molecule has 1 atom stereocenters. The lowest BCUT2D eigenvalue weighted by Crippen LogP contribution is -2.16. The van der Waals surface area contributed by atoms with E-state index in [1.54, 1.807) is 13.2 Å². The molecule has 2 N–H and O–H groups in total. The van der Waals surface area contributed by atoms with Crippen molar-refractivity contribution in [3.63, 3.8) is 0 Å². The maximum Gasteiger partial charge on any atom is 0.323 e. The number of carbonyl (C=O) groups is 1. The molecule has 0 spiro atoms. The number of thioether (sulfide) groups is 1. The Hall–Kier alpha value is -1.76. The fraction of sp³-hybridized carbons (Fsp3) is 0.364. The third kappa shape index (κ3) is 2.92. The third-order valence-electron chi connectivity index (χ3n) is 2.31. The van der Waals surface area contributed by atoms with Crippen LogP contribution in [0.5, 0.6) is 0 Å². The van der Waals surface area contributed by atoms with Crippen LogP contribution in [-0.2, 0) is 9.53 Å². The summed E-state index contributed by atoms with van der Waals surface area (Å²) in [5, 5.41) is 10.2. The van der Waals surface area contributed by atoms with Crippen LogP contribution in [0.2, 0.25) is 0 Å². The Morgan fingerprint density at radius 1 is 1.61 bits per heavy atom. The molecule has 0 aromatic heterocycles. The first-order valence-corrected chi connectivity index (χ1v) is 6.53. The Morgan fingerprint density at radius 3 is 2.78 bits per heavy atom. The number of nitro benzene ring substituents is 1. The highest BCUT2D eigenvalue weighted by atomic mass is 32.2. The predicted molar refractivity (Wildman–Crippen MR) is 70.4 cm³/mol. The highest BCUT2D eigenvalue weighted by Gasteiger charge is 2.30. The Morgan fingerprint density at radius 2 is 2.28 bits per heavy atom. The van der Waals surface area contributed by atoms with E-state index in [0.717, 1.165) is 11.8 Å². The number of hydrogen-bond acceptors (Lipinski definition) is 6. The highest BCUT2D eigenvalue weighted by molar-refractivity contribution is 7.99. The molecule has 0 aliphatic rings. The molecule has 0 fully saturated rings. The van der Waals surface area contributed by atoms with Crippen LogP contribution in [0, 0.1) is 10.1 Å². The van der Waals surface area contributed by atoms with Gasteiger partial charge >= 0.3 is 5.97 Å². The van der Waals surface area contributed by atoms with Crippen LogP contribution >= 0.6 is 11.8 Å². The molecule has 98 valence electrons. The van der Waals surface area contributed by atoms with E-state index in [9.17, 15) is 14.9 Å². The van der Waals surface area contributed by atoms with Gasteiger partial charge in [0.2, 0.25) is 0 Å². The van der Waals surface area contributed by atoms with Gasteiger partial charge in [0, 0.05) is 11.8 Å². The smallest absolute Gasteiger partial charge is 0.323 e. The Kier molecular flexibility index (Phi) is 4.96. The second-order valence-electron chi connectivity index (χ2n) is 3.40. The van der Waals surface area contributed by atoms with E-state index in [1.165, 1.54) is 18.2 Å². The van der Waals surface area contributed by atoms with Crippen LogP contribution in [0.4, 0.5) is 11.4 Å². The van der Waals surface area contributed by atoms with Gasteiger partial charge in [0.1, 0.15) is 5.25 Å². The van der Waals surface area contributed by atoms with Crippen molar-refractivity contribution in [2.45, 2.75) is 12.2 Å². The van der Waals surface area contributed by atoms with E-state index in [1.807, 2.05) is 0 Å². The van der Waals surface area contributed by atoms with Gasteiger partial charge in [-0.15, -0.1) is 11.8 Å². The van der Waals surface area contributed by atoms with Gasteiger partial charge in [0.25, 0.3) is 5.69 Å². The lowest BCUT2D eigenvalue weighted by Gasteiger charge is -2.15. The summed E-state index contributed by atoms with van der Waals surface area (Å²) in [7, 11) is 0. The van der Waals surface area contributed by atoms with Gasteiger partial charge in [-0.05, 0) is 19.2 Å². The minimum absolute atomic E-state index is 0.164. The summed E-state index contributed by atoms with van der Waals surface area (Å²) in [5.41, 5.74) is 6.00. The molecule has 0 heterocycles. The number of nitrogens with zero attached hydrogens (tertiary/aromatic N) is 1. The molecule has 7 heteroatoms. The quantitative estimate of drug-likeness (QED) is 0.381.